The molecule has 116 valence electrons. The zero-order valence-corrected chi connectivity index (χ0v) is 14.3. The quantitative estimate of drug-likeness (QED) is 0.853. The van der Waals surface area contributed by atoms with Crippen molar-refractivity contribution < 1.29 is 9.53 Å². The van der Waals surface area contributed by atoms with Gasteiger partial charge in [0.1, 0.15) is 5.75 Å². The van der Waals surface area contributed by atoms with E-state index in [1.807, 2.05) is 38.1 Å². The highest BCUT2D eigenvalue weighted by molar-refractivity contribution is 9.10. The van der Waals surface area contributed by atoms with E-state index in [1.165, 1.54) is 0 Å². The average Bonchev–Trinajstić information content (AvgIpc) is 2.48. The van der Waals surface area contributed by atoms with Gasteiger partial charge in [-0.3, -0.25) is 9.78 Å². The molecule has 0 radical (unpaired) electrons. The molecule has 1 heterocycles. The Balaban J connectivity index is 1.82. The number of carbonyl (C=O) groups excluding carboxylic acids is 1. The number of hydrogen-bond donors (Lipinski definition) is 1. The number of rotatable bonds is 6. The molecule has 2 rings (SSSR count). The lowest BCUT2D eigenvalue weighted by Crippen LogP contribution is -2.25. The van der Waals surface area contributed by atoms with Crippen molar-refractivity contribution in [2.24, 2.45) is 0 Å². The van der Waals surface area contributed by atoms with Gasteiger partial charge in [-0.15, -0.1) is 0 Å². The number of ether oxygens (including phenoxy) is 1. The van der Waals surface area contributed by atoms with E-state index in [0.29, 0.717) is 12.1 Å². The second-order valence-corrected chi connectivity index (χ2v) is 6.12. The summed E-state index contributed by atoms with van der Waals surface area (Å²) in [4.78, 5) is 16.0. The molecule has 0 unspecified atom stereocenters. The number of hydrogen-bond acceptors (Lipinski definition) is 3. The van der Waals surface area contributed by atoms with E-state index in [4.69, 9.17) is 4.74 Å². The van der Waals surface area contributed by atoms with Gasteiger partial charge < -0.3 is 10.1 Å². The largest absolute Gasteiger partial charge is 0.491 e. The maximum Gasteiger partial charge on any atom is 0.252 e. The van der Waals surface area contributed by atoms with Gasteiger partial charge in [-0.2, -0.15) is 0 Å². The molecule has 0 fully saturated rings. The Morgan fingerprint density at radius 2 is 2.00 bits per heavy atom. The molecular formula is C17H19BrN2O2. The van der Waals surface area contributed by atoms with Gasteiger partial charge in [-0.05, 0) is 60.0 Å². The Labute approximate surface area is 139 Å². The fraction of sp³-hybridized carbons (Fsp3) is 0.294. The predicted octanol–water partition coefficient (Wildman–Crippen LogP) is 3.60. The lowest BCUT2D eigenvalue weighted by atomic mass is 10.1. The van der Waals surface area contributed by atoms with Gasteiger partial charge in [0.15, 0.2) is 0 Å². The van der Waals surface area contributed by atoms with E-state index >= 15 is 0 Å². The fourth-order valence-electron chi connectivity index (χ4n) is 1.97. The van der Waals surface area contributed by atoms with Crippen LogP contribution in [0.25, 0.3) is 0 Å². The van der Waals surface area contributed by atoms with Gasteiger partial charge in [0.25, 0.3) is 5.91 Å². The molecule has 1 aromatic heterocycles. The van der Waals surface area contributed by atoms with E-state index in [2.05, 4.69) is 26.2 Å². The Morgan fingerprint density at radius 3 is 2.64 bits per heavy atom. The third-order valence-corrected chi connectivity index (χ3v) is 3.40. The van der Waals surface area contributed by atoms with Gasteiger partial charge in [0, 0.05) is 23.4 Å². The minimum atomic E-state index is -0.117. The highest BCUT2D eigenvalue weighted by Gasteiger charge is 2.06. The van der Waals surface area contributed by atoms with Crippen molar-refractivity contribution >= 4 is 21.8 Å². The fourth-order valence-corrected chi connectivity index (χ4v) is 2.33. The lowest BCUT2D eigenvalue weighted by molar-refractivity contribution is 0.0953. The molecule has 0 aliphatic heterocycles. The number of nitrogens with zero attached hydrogens (tertiary/aromatic N) is 1. The van der Waals surface area contributed by atoms with Crippen LogP contribution < -0.4 is 10.1 Å². The molecule has 5 heteroatoms. The zero-order valence-electron chi connectivity index (χ0n) is 12.7. The van der Waals surface area contributed by atoms with Crippen molar-refractivity contribution in [3.63, 3.8) is 0 Å². The average molecular weight is 363 g/mol. The molecule has 1 amide bonds. The zero-order chi connectivity index (χ0) is 15.9. The van der Waals surface area contributed by atoms with Crippen LogP contribution >= 0.6 is 15.9 Å². The van der Waals surface area contributed by atoms with Crippen molar-refractivity contribution in [3.05, 3.63) is 58.3 Å². The van der Waals surface area contributed by atoms with E-state index < -0.39 is 0 Å². The molecular weight excluding hydrogens is 344 g/mol. The van der Waals surface area contributed by atoms with Gasteiger partial charge in [0.2, 0.25) is 0 Å². The van der Waals surface area contributed by atoms with Gasteiger partial charge in [0.05, 0.1) is 11.7 Å². The Kier molecular flexibility index (Phi) is 5.95. The van der Waals surface area contributed by atoms with Crippen LogP contribution in [0.1, 0.15) is 29.8 Å². The molecule has 0 saturated carbocycles. The number of nitrogens with one attached hydrogen (secondary N) is 1. The highest BCUT2D eigenvalue weighted by Crippen LogP contribution is 2.14. The van der Waals surface area contributed by atoms with Crippen LogP contribution in [0, 0.1) is 0 Å². The molecule has 22 heavy (non-hydrogen) atoms. The standard InChI is InChI=1S/C17H19BrN2O2/c1-12(2)22-16-5-3-13(4-6-16)7-8-20-17(21)14-9-15(18)11-19-10-14/h3-6,9-12H,7-8H2,1-2H3,(H,20,21). The van der Waals surface area contributed by atoms with Crippen LogP contribution in [0.15, 0.2) is 47.2 Å². The van der Waals surface area contributed by atoms with Crippen LogP contribution in [-0.2, 0) is 6.42 Å². The molecule has 1 N–H and O–H groups in total. The minimum absolute atomic E-state index is 0.117. The first-order valence-corrected chi connectivity index (χ1v) is 7.98. The van der Waals surface area contributed by atoms with Gasteiger partial charge in [-0.25, -0.2) is 0 Å². The highest BCUT2D eigenvalue weighted by atomic mass is 79.9. The van der Waals surface area contributed by atoms with E-state index in [9.17, 15) is 4.79 Å². The van der Waals surface area contributed by atoms with Gasteiger partial charge >= 0.3 is 0 Å². The molecule has 1 aromatic carbocycles. The maximum atomic E-state index is 12.0. The lowest BCUT2D eigenvalue weighted by Gasteiger charge is -2.10. The molecule has 4 nitrogen and oxygen atoms in total. The van der Waals surface area contributed by atoms with Crippen LogP contribution in [0.3, 0.4) is 0 Å². The van der Waals surface area contributed by atoms with Crippen LogP contribution in [-0.4, -0.2) is 23.5 Å². The summed E-state index contributed by atoms with van der Waals surface area (Å²) in [5.41, 5.74) is 1.71. The van der Waals surface area contributed by atoms with Gasteiger partial charge in [-0.1, -0.05) is 12.1 Å². The minimum Gasteiger partial charge on any atom is -0.491 e. The third-order valence-electron chi connectivity index (χ3n) is 2.96. The summed E-state index contributed by atoms with van der Waals surface area (Å²) >= 11 is 3.30. The Morgan fingerprint density at radius 1 is 1.27 bits per heavy atom. The summed E-state index contributed by atoms with van der Waals surface area (Å²) in [6.07, 6.45) is 4.15. The first-order chi connectivity index (χ1) is 10.5. The molecule has 0 bridgehead atoms. The molecule has 0 aliphatic rings. The number of amides is 1. The Hall–Kier alpha value is -1.88. The summed E-state index contributed by atoms with van der Waals surface area (Å²) in [7, 11) is 0. The molecule has 0 atom stereocenters. The van der Waals surface area contributed by atoms with Crippen molar-refractivity contribution in [3.8, 4) is 5.75 Å². The predicted molar refractivity (Wildman–Crippen MR) is 90.2 cm³/mol. The topological polar surface area (TPSA) is 51.2 Å². The van der Waals surface area contributed by atoms with E-state index in [-0.39, 0.29) is 12.0 Å². The summed E-state index contributed by atoms with van der Waals surface area (Å²) in [6.45, 7) is 4.58. The molecule has 0 saturated heterocycles. The SMILES string of the molecule is CC(C)Oc1ccc(CCNC(=O)c2cncc(Br)c2)cc1. The summed E-state index contributed by atoms with van der Waals surface area (Å²) in [6, 6.07) is 9.69. The number of pyridine rings is 1. The monoisotopic (exact) mass is 362 g/mol. The van der Waals surface area contributed by atoms with Crippen LogP contribution in [0.4, 0.5) is 0 Å². The number of aromatic nitrogens is 1. The normalized spacial score (nSPS) is 10.5. The smallest absolute Gasteiger partial charge is 0.252 e. The molecule has 2 aromatic rings. The summed E-state index contributed by atoms with van der Waals surface area (Å²) < 4.78 is 6.39. The summed E-state index contributed by atoms with van der Waals surface area (Å²) in [5.74, 6) is 0.747. The van der Waals surface area contributed by atoms with Crippen molar-refractivity contribution in [2.45, 2.75) is 26.4 Å². The Bertz CT molecular complexity index is 627. The van der Waals surface area contributed by atoms with E-state index in [0.717, 1.165) is 22.2 Å². The first kappa shape index (κ1) is 16.5. The molecule has 0 spiro atoms. The van der Waals surface area contributed by atoms with E-state index in [1.54, 1.807) is 18.5 Å². The van der Waals surface area contributed by atoms with Crippen molar-refractivity contribution in [1.29, 1.82) is 0 Å². The first-order valence-electron chi connectivity index (χ1n) is 7.19. The second-order valence-electron chi connectivity index (χ2n) is 5.21. The van der Waals surface area contributed by atoms with Crippen molar-refractivity contribution in [1.82, 2.24) is 10.3 Å². The van der Waals surface area contributed by atoms with Crippen LogP contribution in [0.2, 0.25) is 0 Å². The van der Waals surface area contributed by atoms with Crippen LogP contribution in [0.5, 0.6) is 5.75 Å². The molecule has 0 aliphatic carbocycles. The summed E-state index contributed by atoms with van der Waals surface area (Å²) in [5, 5.41) is 2.89. The maximum absolute atomic E-state index is 12.0. The number of benzene rings is 1. The third kappa shape index (κ3) is 5.15. The number of carbonyl (C=O) groups is 1. The second kappa shape index (κ2) is 7.94. The van der Waals surface area contributed by atoms with Crippen molar-refractivity contribution in [2.75, 3.05) is 6.54 Å². The number of halogens is 1.